The molecule has 0 aromatic heterocycles. The maximum Gasteiger partial charge on any atom is 0.337 e. The summed E-state index contributed by atoms with van der Waals surface area (Å²) in [6.45, 7) is 0.558. The minimum Gasteiger partial charge on any atom is -0.465 e. The zero-order valence-corrected chi connectivity index (χ0v) is 19.7. The molecule has 8 heteroatoms. The second-order valence-electron chi connectivity index (χ2n) is 8.83. The van der Waals surface area contributed by atoms with Crippen LogP contribution in [0.15, 0.2) is 36.4 Å². The van der Waals surface area contributed by atoms with Crippen LogP contribution in [0.3, 0.4) is 0 Å². The van der Waals surface area contributed by atoms with Gasteiger partial charge < -0.3 is 10.1 Å². The molecule has 0 bridgehead atoms. The molecule has 1 saturated heterocycles. The molecular weight excluding hydrogens is 471 g/mol. The Balaban J connectivity index is 1.69. The Morgan fingerprint density at radius 3 is 2.18 bits per heavy atom. The molecule has 2 unspecified atom stereocenters. The number of amides is 1. The maximum atomic E-state index is 13.8. The number of rotatable bonds is 5. The summed E-state index contributed by atoms with van der Waals surface area (Å²) in [5, 5.41) is 3.69. The predicted molar refractivity (Wildman–Crippen MR) is 124 cm³/mol. The molecule has 1 aliphatic carbocycles. The molecule has 1 N–H and O–H groups in total. The van der Waals surface area contributed by atoms with Crippen molar-refractivity contribution < 1.29 is 23.1 Å². The summed E-state index contributed by atoms with van der Waals surface area (Å²) < 4.78 is 32.4. The zero-order valence-electron chi connectivity index (χ0n) is 18.2. The van der Waals surface area contributed by atoms with Gasteiger partial charge in [-0.15, -0.1) is 0 Å². The molecular formula is C25H25Cl2F2NO3. The van der Waals surface area contributed by atoms with Gasteiger partial charge in [0.2, 0.25) is 11.8 Å². The molecule has 176 valence electrons. The largest absolute Gasteiger partial charge is 0.465 e. The molecule has 4 rings (SSSR count). The normalized spacial score (nSPS) is 21.5. The average Bonchev–Trinajstić information content (AvgIpc) is 3.21. The summed E-state index contributed by atoms with van der Waals surface area (Å²) in [6, 6.07) is 10.4. The van der Waals surface area contributed by atoms with Crippen LogP contribution in [0.5, 0.6) is 0 Å². The van der Waals surface area contributed by atoms with E-state index >= 15 is 0 Å². The van der Waals surface area contributed by atoms with Crippen molar-refractivity contribution >= 4 is 35.1 Å². The predicted octanol–water partition coefficient (Wildman–Crippen LogP) is 6.49. The Kier molecular flexibility index (Phi) is 6.96. The van der Waals surface area contributed by atoms with Crippen molar-refractivity contribution in [2.24, 2.45) is 11.8 Å². The highest BCUT2D eigenvalue weighted by Gasteiger charge is 2.44. The standard InChI is InChI=1S/C25H25Cl2F2NO3/c1-33-24(32)16-4-2-14(3-5-16)17-12-19(26)22(20(27)13-17)21(18-8-11-30-23(18)31)15-6-9-25(28,29)10-7-15/h2-5,12-13,15,18,21H,6-11H2,1H3,(H,30,31). The van der Waals surface area contributed by atoms with Crippen molar-refractivity contribution in [2.75, 3.05) is 13.7 Å². The van der Waals surface area contributed by atoms with E-state index in [1.807, 2.05) is 0 Å². The van der Waals surface area contributed by atoms with E-state index in [1.165, 1.54) is 7.11 Å². The van der Waals surface area contributed by atoms with Gasteiger partial charge in [0, 0.05) is 41.3 Å². The number of ether oxygens (including phenoxy) is 1. The molecule has 2 atom stereocenters. The van der Waals surface area contributed by atoms with E-state index in [-0.39, 0.29) is 36.5 Å². The van der Waals surface area contributed by atoms with E-state index in [9.17, 15) is 18.4 Å². The number of carbonyl (C=O) groups excluding carboxylic acids is 2. The number of benzene rings is 2. The summed E-state index contributed by atoms with van der Waals surface area (Å²) in [4.78, 5) is 24.3. The Bertz CT molecular complexity index is 1030. The molecule has 1 aliphatic heterocycles. The smallest absolute Gasteiger partial charge is 0.337 e. The van der Waals surface area contributed by atoms with Crippen LogP contribution < -0.4 is 5.32 Å². The first kappa shape index (κ1) is 24.0. The fourth-order valence-corrected chi connectivity index (χ4v) is 5.87. The highest BCUT2D eigenvalue weighted by molar-refractivity contribution is 6.36. The number of halogens is 4. The second-order valence-corrected chi connectivity index (χ2v) is 9.64. The first-order chi connectivity index (χ1) is 15.7. The lowest BCUT2D eigenvalue weighted by atomic mass is 9.69. The molecule has 1 saturated carbocycles. The summed E-state index contributed by atoms with van der Waals surface area (Å²) in [7, 11) is 1.32. The molecule has 1 heterocycles. The number of hydrogen-bond acceptors (Lipinski definition) is 3. The van der Waals surface area contributed by atoms with Gasteiger partial charge in [-0.1, -0.05) is 35.3 Å². The Morgan fingerprint density at radius 2 is 1.67 bits per heavy atom. The third-order valence-corrected chi connectivity index (χ3v) is 7.47. The molecule has 1 amide bonds. The first-order valence-corrected chi connectivity index (χ1v) is 11.8. The highest BCUT2D eigenvalue weighted by Crippen LogP contribution is 2.50. The van der Waals surface area contributed by atoms with Gasteiger partial charge in [0.05, 0.1) is 12.7 Å². The van der Waals surface area contributed by atoms with Crippen LogP contribution in [-0.4, -0.2) is 31.5 Å². The summed E-state index contributed by atoms with van der Waals surface area (Å²) in [6.07, 6.45) is 0.889. The number of methoxy groups -OCH3 is 1. The molecule has 2 aromatic carbocycles. The topological polar surface area (TPSA) is 55.4 Å². The van der Waals surface area contributed by atoms with Crippen molar-refractivity contribution in [3.8, 4) is 11.1 Å². The Labute approximate surface area is 201 Å². The van der Waals surface area contributed by atoms with Gasteiger partial charge in [-0.25, -0.2) is 13.6 Å². The lowest BCUT2D eigenvalue weighted by Crippen LogP contribution is -2.33. The van der Waals surface area contributed by atoms with Crippen LogP contribution in [-0.2, 0) is 9.53 Å². The van der Waals surface area contributed by atoms with Crippen molar-refractivity contribution in [1.29, 1.82) is 0 Å². The highest BCUT2D eigenvalue weighted by atomic mass is 35.5. The molecule has 0 spiro atoms. The molecule has 33 heavy (non-hydrogen) atoms. The second kappa shape index (κ2) is 9.59. The van der Waals surface area contributed by atoms with Crippen LogP contribution in [0.1, 0.15) is 53.9 Å². The van der Waals surface area contributed by atoms with E-state index in [2.05, 4.69) is 5.32 Å². The summed E-state index contributed by atoms with van der Waals surface area (Å²) in [5.74, 6) is -3.93. The van der Waals surface area contributed by atoms with E-state index < -0.39 is 11.9 Å². The minimum atomic E-state index is -2.66. The number of esters is 1. The lowest BCUT2D eigenvalue weighted by molar-refractivity contribution is -0.123. The van der Waals surface area contributed by atoms with Crippen LogP contribution in [0.4, 0.5) is 8.78 Å². The van der Waals surface area contributed by atoms with E-state index in [4.69, 9.17) is 27.9 Å². The van der Waals surface area contributed by atoms with Crippen molar-refractivity contribution in [2.45, 2.75) is 43.9 Å². The van der Waals surface area contributed by atoms with E-state index in [0.29, 0.717) is 47.0 Å². The lowest BCUT2D eigenvalue weighted by Gasteiger charge is -2.37. The monoisotopic (exact) mass is 495 g/mol. The van der Waals surface area contributed by atoms with Crippen LogP contribution in [0.2, 0.25) is 10.0 Å². The van der Waals surface area contributed by atoms with Crippen LogP contribution >= 0.6 is 23.2 Å². The Hall–Kier alpha value is -2.18. The third-order valence-electron chi connectivity index (χ3n) is 6.85. The quantitative estimate of drug-likeness (QED) is 0.482. The minimum absolute atomic E-state index is 0.0769. The van der Waals surface area contributed by atoms with E-state index in [1.54, 1.807) is 36.4 Å². The molecule has 0 radical (unpaired) electrons. The average molecular weight is 496 g/mol. The SMILES string of the molecule is COC(=O)c1ccc(-c2cc(Cl)c(C(C3CCC(F)(F)CC3)C3CCNC3=O)c(Cl)c2)cc1. The van der Waals surface area contributed by atoms with Gasteiger partial charge in [-0.3, -0.25) is 4.79 Å². The van der Waals surface area contributed by atoms with Gasteiger partial charge in [0.1, 0.15) is 0 Å². The Morgan fingerprint density at radius 1 is 1.06 bits per heavy atom. The van der Waals surface area contributed by atoms with Gasteiger partial charge in [0.25, 0.3) is 0 Å². The first-order valence-electron chi connectivity index (χ1n) is 11.0. The number of alkyl halides is 2. The fourth-order valence-electron chi connectivity index (χ4n) is 5.13. The van der Waals surface area contributed by atoms with Gasteiger partial charge in [0.15, 0.2) is 0 Å². The third kappa shape index (κ3) is 5.02. The molecule has 2 aliphatic rings. The molecule has 2 fully saturated rings. The van der Waals surface area contributed by atoms with E-state index in [0.717, 1.165) is 11.1 Å². The van der Waals surface area contributed by atoms with Crippen molar-refractivity contribution in [3.05, 3.63) is 57.6 Å². The van der Waals surface area contributed by atoms with Gasteiger partial charge in [-0.05, 0) is 66.1 Å². The number of nitrogens with one attached hydrogen (secondary N) is 1. The van der Waals surface area contributed by atoms with Gasteiger partial charge in [-0.2, -0.15) is 0 Å². The fraction of sp³-hybridized carbons (Fsp3) is 0.440. The number of carbonyl (C=O) groups is 2. The van der Waals surface area contributed by atoms with Crippen molar-refractivity contribution in [3.63, 3.8) is 0 Å². The maximum absolute atomic E-state index is 13.8. The molecule has 4 nitrogen and oxygen atoms in total. The number of hydrogen-bond donors (Lipinski definition) is 1. The summed E-state index contributed by atoms with van der Waals surface area (Å²) in [5.41, 5.74) is 2.66. The van der Waals surface area contributed by atoms with Crippen LogP contribution in [0.25, 0.3) is 11.1 Å². The molecule has 2 aromatic rings. The summed E-state index contributed by atoms with van der Waals surface area (Å²) >= 11 is 13.5. The van der Waals surface area contributed by atoms with Crippen LogP contribution in [0, 0.1) is 11.8 Å². The van der Waals surface area contributed by atoms with Gasteiger partial charge >= 0.3 is 5.97 Å². The van der Waals surface area contributed by atoms with Crippen molar-refractivity contribution in [1.82, 2.24) is 5.32 Å². The zero-order chi connectivity index (χ0) is 23.8.